The second kappa shape index (κ2) is 5.72. The van der Waals surface area contributed by atoms with Crippen LogP contribution in [0.3, 0.4) is 0 Å². The Morgan fingerprint density at radius 3 is 2.44 bits per heavy atom. The van der Waals surface area contributed by atoms with E-state index in [1.54, 1.807) is 13.0 Å². The summed E-state index contributed by atoms with van der Waals surface area (Å²) in [7, 11) is 0. The number of carbonyl (C=O) groups excluding carboxylic acids is 1. The van der Waals surface area contributed by atoms with Crippen LogP contribution in [-0.2, 0) is 0 Å². The highest BCUT2D eigenvalue weighted by molar-refractivity contribution is 9.11. The van der Waals surface area contributed by atoms with Crippen LogP contribution in [0.5, 0.6) is 5.75 Å². The first-order valence-corrected chi connectivity index (χ1v) is 6.02. The Balaban J connectivity index is 3.31. The van der Waals surface area contributed by atoms with E-state index in [0.29, 0.717) is 8.95 Å². The molecule has 0 saturated carbocycles. The molecule has 0 aliphatic heterocycles. The van der Waals surface area contributed by atoms with Crippen molar-refractivity contribution in [2.75, 3.05) is 0 Å². The molecule has 0 aromatic heterocycles. The summed E-state index contributed by atoms with van der Waals surface area (Å²) >= 11 is 6.22. The highest BCUT2D eigenvalue weighted by Gasteiger charge is 2.20. The lowest BCUT2D eigenvalue weighted by Gasteiger charge is -2.12. The number of benzene rings is 1. The van der Waals surface area contributed by atoms with E-state index in [-0.39, 0.29) is 23.5 Å². The largest absolute Gasteiger partial charge is 0.433 e. The fourth-order valence-corrected chi connectivity index (χ4v) is 2.13. The maximum absolute atomic E-state index is 12.2. The van der Waals surface area contributed by atoms with E-state index in [4.69, 9.17) is 0 Å². The average Bonchev–Trinajstić information content (AvgIpc) is 2.22. The van der Waals surface area contributed by atoms with Gasteiger partial charge >= 0.3 is 6.61 Å². The second-order valence-electron chi connectivity index (χ2n) is 2.89. The first-order valence-electron chi connectivity index (χ1n) is 4.43. The summed E-state index contributed by atoms with van der Waals surface area (Å²) in [6.45, 7) is -1.31. The summed E-state index contributed by atoms with van der Waals surface area (Å²) in [6, 6.07) is 3.14. The van der Waals surface area contributed by atoms with Crippen molar-refractivity contribution in [2.24, 2.45) is 0 Å². The van der Waals surface area contributed by atoms with Gasteiger partial charge in [-0.2, -0.15) is 8.78 Å². The van der Waals surface area contributed by atoms with E-state index < -0.39 is 6.61 Å². The number of ketones is 1. The van der Waals surface area contributed by atoms with Gasteiger partial charge in [-0.3, -0.25) is 4.79 Å². The van der Waals surface area contributed by atoms with Crippen LogP contribution in [0, 0.1) is 0 Å². The predicted molar refractivity (Wildman–Crippen MR) is 63.1 cm³/mol. The fraction of sp³-hybridized carbons (Fsp3) is 0.300. The van der Waals surface area contributed by atoms with Crippen LogP contribution in [-0.4, -0.2) is 12.4 Å². The van der Waals surface area contributed by atoms with Gasteiger partial charge in [-0.15, -0.1) is 0 Å². The molecule has 0 amide bonds. The molecule has 0 unspecified atom stereocenters. The molecule has 0 aliphatic carbocycles. The van der Waals surface area contributed by atoms with Gasteiger partial charge in [-0.1, -0.05) is 6.92 Å². The van der Waals surface area contributed by atoms with E-state index in [2.05, 4.69) is 36.6 Å². The van der Waals surface area contributed by atoms with Crippen molar-refractivity contribution in [3.8, 4) is 5.75 Å². The van der Waals surface area contributed by atoms with Crippen molar-refractivity contribution in [2.45, 2.75) is 20.0 Å². The first kappa shape index (κ1) is 13.6. The molecule has 0 atom stereocenters. The van der Waals surface area contributed by atoms with Crippen LogP contribution in [0.15, 0.2) is 21.1 Å². The van der Waals surface area contributed by atoms with Crippen molar-refractivity contribution in [1.82, 2.24) is 0 Å². The molecule has 1 rings (SSSR count). The molecule has 0 fully saturated rings. The predicted octanol–water partition coefficient (Wildman–Crippen LogP) is 4.41. The zero-order valence-corrected chi connectivity index (χ0v) is 11.4. The van der Waals surface area contributed by atoms with Crippen LogP contribution in [0.2, 0.25) is 0 Å². The molecule has 2 nitrogen and oxygen atoms in total. The summed E-state index contributed by atoms with van der Waals surface area (Å²) in [5.74, 6) is -0.389. The third kappa shape index (κ3) is 3.01. The average molecular weight is 358 g/mol. The van der Waals surface area contributed by atoms with Crippen molar-refractivity contribution < 1.29 is 18.3 Å². The number of rotatable bonds is 4. The molecule has 0 bridgehead atoms. The Bertz CT molecular complexity index is 408. The molecule has 16 heavy (non-hydrogen) atoms. The maximum atomic E-state index is 12.2. The van der Waals surface area contributed by atoms with Crippen molar-refractivity contribution >= 4 is 37.6 Å². The quantitative estimate of drug-likeness (QED) is 0.746. The van der Waals surface area contributed by atoms with Crippen molar-refractivity contribution in [1.29, 1.82) is 0 Å². The molecule has 0 heterocycles. The summed E-state index contributed by atoms with van der Waals surface area (Å²) < 4.78 is 29.5. The summed E-state index contributed by atoms with van der Waals surface area (Å²) in [6.07, 6.45) is 0.217. The van der Waals surface area contributed by atoms with Gasteiger partial charge in [0.1, 0.15) is 0 Å². The van der Waals surface area contributed by atoms with E-state index in [0.717, 1.165) is 0 Å². The number of carbonyl (C=O) groups is 1. The Kier molecular flexibility index (Phi) is 4.86. The molecule has 0 radical (unpaired) electrons. The summed E-state index contributed by atoms with van der Waals surface area (Å²) in [5.41, 5.74) is 0.136. The molecule has 88 valence electrons. The second-order valence-corrected chi connectivity index (χ2v) is 4.60. The van der Waals surface area contributed by atoms with Crippen LogP contribution >= 0.6 is 31.9 Å². The van der Waals surface area contributed by atoms with Gasteiger partial charge in [0.15, 0.2) is 11.5 Å². The van der Waals surface area contributed by atoms with Gasteiger partial charge < -0.3 is 4.74 Å². The van der Waals surface area contributed by atoms with E-state index >= 15 is 0 Å². The van der Waals surface area contributed by atoms with Gasteiger partial charge in [0, 0.05) is 10.9 Å². The Morgan fingerprint density at radius 2 is 1.94 bits per heavy atom. The van der Waals surface area contributed by atoms with Crippen LogP contribution < -0.4 is 4.74 Å². The standard InChI is InChI=1S/C10H8Br2F2O2/c1-2-7(15)8-5(11)3-4-6(12)9(8)16-10(13)14/h3-4,10H,2H2,1H3. The van der Waals surface area contributed by atoms with Crippen LogP contribution in [0.25, 0.3) is 0 Å². The molecule has 1 aromatic carbocycles. The van der Waals surface area contributed by atoms with Gasteiger partial charge in [0.05, 0.1) is 10.0 Å². The molecule has 6 heteroatoms. The Hall–Kier alpha value is -0.490. The molecule has 0 saturated heterocycles. The third-order valence-corrected chi connectivity index (χ3v) is 3.15. The minimum Gasteiger partial charge on any atom is -0.433 e. The van der Waals surface area contributed by atoms with E-state index in [1.807, 2.05) is 0 Å². The number of hydrogen-bond donors (Lipinski definition) is 0. The highest BCUT2D eigenvalue weighted by Crippen LogP contribution is 2.36. The number of halogens is 4. The zero-order chi connectivity index (χ0) is 12.3. The summed E-state index contributed by atoms with van der Waals surface area (Å²) in [4.78, 5) is 11.6. The molecule has 1 aromatic rings. The van der Waals surface area contributed by atoms with E-state index in [1.165, 1.54) is 6.07 Å². The number of Topliss-reactive ketones (excluding diaryl/α,β-unsaturated/α-hetero) is 1. The molecular formula is C10H8Br2F2O2. The van der Waals surface area contributed by atoms with Gasteiger partial charge in [0.25, 0.3) is 0 Å². The Morgan fingerprint density at radius 1 is 1.38 bits per heavy atom. The normalized spacial score (nSPS) is 10.6. The molecular weight excluding hydrogens is 350 g/mol. The van der Waals surface area contributed by atoms with E-state index in [9.17, 15) is 13.6 Å². The lowest BCUT2D eigenvalue weighted by Crippen LogP contribution is -2.09. The van der Waals surface area contributed by atoms with Crippen molar-refractivity contribution in [3.05, 3.63) is 26.6 Å². The molecule has 0 N–H and O–H groups in total. The topological polar surface area (TPSA) is 26.3 Å². The minimum atomic E-state index is -2.96. The lowest BCUT2D eigenvalue weighted by molar-refractivity contribution is -0.0507. The monoisotopic (exact) mass is 356 g/mol. The SMILES string of the molecule is CCC(=O)c1c(Br)ccc(Br)c1OC(F)F. The number of hydrogen-bond acceptors (Lipinski definition) is 2. The van der Waals surface area contributed by atoms with Gasteiger partial charge in [-0.05, 0) is 44.0 Å². The molecule has 0 aliphatic rings. The smallest absolute Gasteiger partial charge is 0.387 e. The minimum absolute atomic E-state index is 0.128. The van der Waals surface area contributed by atoms with Crippen molar-refractivity contribution in [3.63, 3.8) is 0 Å². The first-order chi connectivity index (χ1) is 7.47. The maximum Gasteiger partial charge on any atom is 0.387 e. The number of alkyl halides is 2. The third-order valence-electron chi connectivity index (χ3n) is 1.87. The van der Waals surface area contributed by atoms with Crippen LogP contribution in [0.4, 0.5) is 8.78 Å². The Labute approximate surface area is 108 Å². The molecule has 0 spiro atoms. The zero-order valence-electron chi connectivity index (χ0n) is 8.27. The van der Waals surface area contributed by atoms with Gasteiger partial charge in [-0.25, -0.2) is 0 Å². The summed E-state index contributed by atoms with van der Waals surface area (Å²) in [5, 5.41) is 0. The fourth-order valence-electron chi connectivity index (χ4n) is 1.17. The lowest BCUT2D eigenvalue weighted by atomic mass is 10.1. The van der Waals surface area contributed by atoms with Crippen LogP contribution in [0.1, 0.15) is 23.7 Å². The number of ether oxygens (including phenoxy) is 1. The highest BCUT2D eigenvalue weighted by atomic mass is 79.9. The van der Waals surface area contributed by atoms with Gasteiger partial charge in [0.2, 0.25) is 0 Å².